The van der Waals surface area contributed by atoms with E-state index < -0.39 is 0 Å². The van der Waals surface area contributed by atoms with Gasteiger partial charge in [0.05, 0.1) is 24.8 Å². The number of nitrogens with two attached hydrogens (primary N) is 2. The number of aromatic nitrogens is 1. The maximum absolute atomic E-state index is 6.56. The van der Waals surface area contributed by atoms with Crippen molar-refractivity contribution in [1.82, 2.24) is 0 Å². The van der Waals surface area contributed by atoms with Crippen LogP contribution < -0.4 is 26.2 Å². The number of hydrogen-bond donors (Lipinski definition) is 2. The second kappa shape index (κ2) is 6.52. The topological polar surface area (TPSA) is 91.0 Å². The fraction of sp³-hybridized carbons (Fsp3) is 0.400. The molecule has 1 aromatic heterocycles. The van der Waals surface area contributed by atoms with Gasteiger partial charge in [0.1, 0.15) is 11.4 Å². The highest BCUT2D eigenvalue weighted by atomic mass is 16.5. The fourth-order valence-electron chi connectivity index (χ4n) is 4.04. The van der Waals surface area contributed by atoms with Crippen LogP contribution in [0.25, 0.3) is 0 Å². The molecule has 2 aliphatic rings. The molecule has 1 aromatic carbocycles. The third-order valence-corrected chi connectivity index (χ3v) is 5.71. The normalized spacial score (nSPS) is 19.1. The Morgan fingerprint density at radius 1 is 1.19 bits per heavy atom. The molecule has 4 rings (SSSR count). The summed E-state index contributed by atoms with van der Waals surface area (Å²) in [6.07, 6.45) is 6.12. The van der Waals surface area contributed by atoms with Gasteiger partial charge in [-0.1, -0.05) is 18.2 Å². The van der Waals surface area contributed by atoms with Crippen LogP contribution in [-0.2, 0) is 6.42 Å². The van der Waals surface area contributed by atoms with Gasteiger partial charge in [0, 0.05) is 18.9 Å². The van der Waals surface area contributed by atoms with Crippen LogP contribution in [0.1, 0.15) is 36.0 Å². The molecule has 3 heterocycles. The molecule has 0 aliphatic carbocycles. The summed E-state index contributed by atoms with van der Waals surface area (Å²) in [7, 11) is 0. The van der Waals surface area contributed by atoms with Crippen molar-refractivity contribution in [2.45, 2.75) is 38.2 Å². The molecular weight excluding hydrogens is 326 g/mol. The summed E-state index contributed by atoms with van der Waals surface area (Å²) in [4.78, 5) is 5.67. The molecule has 6 heteroatoms. The van der Waals surface area contributed by atoms with Crippen molar-refractivity contribution in [3.8, 4) is 5.75 Å². The Morgan fingerprint density at radius 2 is 2.00 bits per heavy atom. The summed E-state index contributed by atoms with van der Waals surface area (Å²) < 4.78 is 6.56. The highest BCUT2D eigenvalue weighted by Crippen LogP contribution is 2.41. The molecule has 6 nitrogen and oxygen atoms in total. The Hall–Kier alpha value is -2.76. The van der Waals surface area contributed by atoms with E-state index >= 15 is 0 Å². The van der Waals surface area contributed by atoms with E-state index in [0.717, 1.165) is 55.9 Å². The third kappa shape index (κ3) is 2.96. The molecule has 0 unspecified atom stereocenters. The molecule has 5 N–H and O–H groups in total. The lowest BCUT2D eigenvalue weighted by Gasteiger charge is -2.43. The number of rotatable bonds is 2. The first-order chi connectivity index (χ1) is 12.6. The van der Waals surface area contributed by atoms with Gasteiger partial charge < -0.3 is 16.3 Å². The quantitative estimate of drug-likeness (QED) is 0.373. The highest BCUT2D eigenvalue weighted by molar-refractivity contribution is 5.96. The number of H-pyrrole nitrogens is 1. The minimum absolute atomic E-state index is 0.0216. The van der Waals surface area contributed by atoms with Gasteiger partial charge in [-0.25, -0.2) is 4.98 Å². The number of ether oxygens (including phenoxy) is 1. The number of hydrogen-bond acceptors (Lipinski definition) is 4. The van der Waals surface area contributed by atoms with Gasteiger partial charge in [-0.15, -0.1) is 0 Å². The van der Waals surface area contributed by atoms with Crippen molar-refractivity contribution in [3.63, 3.8) is 0 Å². The number of piperidine rings is 1. The number of amidine groups is 1. The van der Waals surface area contributed by atoms with Crippen LogP contribution >= 0.6 is 0 Å². The van der Waals surface area contributed by atoms with Crippen molar-refractivity contribution >= 4 is 11.7 Å². The van der Waals surface area contributed by atoms with Crippen LogP contribution in [0.5, 0.6) is 5.75 Å². The summed E-state index contributed by atoms with van der Waals surface area (Å²) in [5.41, 5.74) is 9.11. The number of aromatic amines is 1. The summed E-state index contributed by atoms with van der Waals surface area (Å²) >= 11 is 0. The van der Waals surface area contributed by atoms with E-state index in [1.807, 2.05) is 18.3 Å². The number of anilines is 1. The maximum atomic E-state index is 6.56. The molecule has 0 bridgehead atoms. The van der Waals surface area contributed by atoms with Crippen LogP contribution in [0.2, 0.25) is 0 Å². The van der Waals surface area contributed by atoms with Crippen LogP contribution in [0.3, 0.4) is 0 Å². The Labute approximate surface area is 153 Å². The zero-order valence-corrected chi connectivity index (χ0v) is 15.2. The van der Waals surface area contributed by atoms with Crippen LogP contribution in [0.15, 0.2) is 41.6 Å². The van der Waals surface area contributed by atoms with Gasteiger partial charge >= 0.3 is 0 Å². The van der Waals surface area contributed by atoms with Gasteiger partial charge in [-0.2, -0.15) is 5.10 Å². The predicted octanol–water partition coefficient (Wildman–Crippen LogP) is 1.75. The molecule has 136 valence electrons. The van der Waals surface area contributed by atoms with Gasteiger partial charge in [0.25, 0.3) is 5.82 Å². The van der Waals surface area contributed by atoms with Gasteiger partial charge in [-0.3, -0.25) is 4.90 Å². The van der Waals surface area contributed by atoms with Crippen LogP contribution in [0.4, 0.5) is 5.82 Å². The molecule has 0 amide bonds. The number of benzene rings is 1. The lowest BCUT2D eigenvalue weighted by Crippen LogP contribution is -2.50. The maximum Gasteiger partial charge on any atom is 0.274 e. The second-order valence-corrected chi connectivity index (χ2v) is 7.31. The van der Waals surface area contributed by atoms with E-state index in [-0.39, 0.29) is 5.60 Å². The summed E-state index contributed by atoms with van der Waals surface area (Å²) in [6, 6.07) is 10.4. The van der Waals surface area contributed by atoms with Crippen molar-refractivity contribution in [3.05, 3.63) is 53.2 Å². The Balaban J connectivity index is 1.45. The third-order valence-electron chi connectivity index (χ3n) is 5.71. The largest absolute Gasteiger partial charge is 0.486 e. The van der Waals surface area contributed by atoms with Crippen molar-refractivity contribution in [1.29, 1.82) is 0 Å². The monoisotopic (exact) mass is 352 g/mol. The number of hydrazone groups is 1. The summed E-state index contributed by atoms with van der Waals surface area (Å²) in [5.74, 6) is 7.76. The fourth-order valence-corrected chi connectivity index (χ4v) is 4.04. The lowest BCUT2D eigenvalue weighted by molar-refractivity contribution is -0.364. The average Bonchev–Trinajstić information content (AvgIpc) is 2.69. The molecule has 1 fully saturated rings. The number of para-hydroxylation sites is 1. The number of pyridine rings is 1. The van der Waals surface area contributed by atoms with Gasteiger partial charge in [0.15, 0.2) is 5.84 Å². The molecule has 1 spiro atoms. The van der Waals surface area contributed by atoms with Gasteiger partial charge in [-0.05, 0) is 37.0 Å². The van der Waals surface area contributed by atoms with E-state index in [1.165, 1.54) is 11.1 Å². The van der Waals surface area contributed by atoms with E-state index in [2.05, 4.69) is 40.1 Å². The Kier molecular flexibility index (Phi) is 4.18. The lowest BCUT2D eigenvalue weighted by atomic mass is 9.82. The van der Waals surface area contributed by atoms with Crippen molar-refractivity contribution in [2.24, 2.45) is 16.7 Å². The Morgan fingerprint density at radius 3 is 2.69 bits per heavy atom. The number of nitrogens with one attached hydrogen (secondary N) is 1. The van der Waals surface area contributed by atoms with E-state index in [0.29, 0.717) is 5.84 Å². The van der Waals surface area contributed by atoms with E-state index in [9.17, 15) is 0 Å². The zero-order chi connectivity index (χ0) is 18.1. The minimum Gasteiger partial charge on any atom is -0.486 e. The van der Waals surface area contributed by atoms with E-state index in [4.69, 9.17) is 16.3 Å². The van der Waals surface area contributed by atoms with Gasteiger partial charge in [0.2, 0.25) is 0 Å². The molecule has 2 aliphatic heterocycles. The predicted molar refractivity (Wildman–Crippen MR) is 102 cm³/mol. The smallest absolute Gasteiger partial charge is 0.274 e. The standard InChI is InChI=1S/C20H25N5O/c1-14-3-2-4-15-7-8-20(26-18(14)15)9-11-25(12-10-20)17-6-5-16(13-23-17)19(21)24-22/h2-6,13H,7-12,22H2,1H3,(H2,21,24)/p+1. The Bertz CT molecular complexity index is 823. The molecular formula is C20H26N5O+. The van der Waals surface area contributed by atoms with Crippen molar-refractivity contribution in [2.75, 3.05) is 18.0 Å². The average molecular weight is 352 g/mol. The minimum atomic E-state index is -0.0216. The molecule has 2 aromatic rings. The van der Waals surface area contributed by atoms with E-state index in [1.54, 1.807) is 0 Å². The first kappa shape index (κ1) is 16.7. The van der Waals surface area contributed by atoms with Crippen LogP contribution in [-0.4, -0.2) is 24.5 Å². The molecule has 0 radical (unpaired) electrons. The molecule has 1 saturated heterocycles. The SMILES string of the molecule is Cc1cccc2c1OC1(CC2)CCN(c2ccc(/C(N)=N/N)c[nH+]2)CC1. The first-order valence-corrected chi connectivity index (χ1v) is 9.18. The first-order valence-electron chi connectivity index (χ1n) is 9.18. The highest BCUT2D eigenvalue weighted by Gasteiger charge is 2.42. The number of nitrogens with zero attached hydrogens (tertiary/aromatic N) is 2. The zero-order valence-electron chi connectivity index (χ0n) is 15.2. The number of fused-ring (bicyclic) bond motifs is 1. The molecule has 0 saturated carbocycles. The van der Waals surface area contributed by atoms with Crippen molar-refractivity contribution < 1.29 is 9.72 Å². The summed E-state index contributed by atoms with van der Waals surface area (Å²) in [5, 5.41) is 3.53. The van der Waals surface area contributed by atoms with Crippen LogP contribution in [0, 0.1) is 6.92 Å². The summed E-state index contributed by atoms with van der Waals surface area (Å²) in [6.45, 7) is 4.08. The second-order valence-electron chi connectivity index (χ2n) is 7.31. The molecule has 0 atom stereocenters. The molecule has 26 heavy (non-hydrogen) atoms. The number of aryl methyl sites for hydroxylation is 2.